The van der Waals surface area contributed by atoms with Gasteiger partial charge in [-0.05, 0) is 37.1 Å². The van der Waals surface area contributed by atoms with Crippen molar-refractivity contribution < 1.29 is 9.53 Å². The van der Waals surface area contributed by atoms with Crippen molar-refractivity contribution in [3.8, 4) is 5.75 Å². The number of carbonyl (C=O) groups is 1. The van der Waals surface area contributed by atoms with Gasteiger partial charge in [0.05, 0.1) is 22.7 Å². The number of hydrogen-bond acceptors (Lipinski definition) is 3. The van der Waals surface area contributed by atoms with E-state index in [0.29, 0.717) is 34.7 Å². The summed E-state index contributed by atoms with van der Waals surface area (Å²) in [5.41, 5.74) is 1.50. The molecule has 0 saturated carbocycles. The van der Waals surface area contributed by atoms with E-state index in [1.807, 2.05) is 29.2 Å². The lowest BCUT2D eigenvalue weighted by atomic mass is 10.0. The van der Waals surface area contributed by atoms with Gasteiger partial charge in [0.15, 0.2) is 0 Å². The molecule has 0 bridgehead atoms. The SMILES string of the molecule is COc1cccc(NC2CCN(C(=O)c3cccc(Cl)c3Cl)CC2)c1. The normalized spacial score (nSPS) is 15.1. The highest BCUT2D eigenvalue weighted by Gasteiger charge is 2.25. The van der Waals surface area contributed by atoms with Crippen LogP contribution in [-0.2, 0) is 0 Å². The summed E-state index contributed by atoms with van der Waals surface area (Å²) in [4.78, 5) is 14.5. The average molecular weight is 379 g/mol. The Labute approximate surface area is 157 Å². The van der Waals surface area contributed by atoms with Gasteiger partial charge in [-0.2, -0.15) is 0 Å². The number of hydrogen-bond donors (Lipinski definition) is 1. The van der Waals surface area contributed by atoms with E-state index in [1.54, 1.807) is 25.3 Å². The molecular formula is C19H20Cl2N2O2. The van der Waals surface area contributed by atoms with Crippen molar-refractivity contribution in [2.24, 2.45) is 0 Å². The molecule has 2 aromatic carbocycles. The van der Waals surface area contributed by atoms with Gasteiger partial charge in [0.2, 0.25) is 0 Å². The average Bonchev–Trinajstić information content (AvgIpc) is 2.64. The molecule has 0 atom stereocenters. The molecule has 1 amide bonds. The molecule has 132 valence electrons. The minimum absolute atomic E-state index is 0.0627. The Morgan fingerprint density at radius 2 is 1.88 bits per heavy atom. The van der Waals surface area contributed by atoms with Gasteiger partial charge in [0, 0.05) is 30.9 Å². The van der Waals surface area contributed by atoms with Gasteiger partial charge in [-0.15, -0.1) is 0 Å². The smallest absolute Gasteiger partial charge is 0.255 e. The van der Waals surface area contributed by atoms with E-state index >= 15 is 0 Å². The fourth-order valence-electron chi connectivity index (χ4n) is 3.01. The van der Waals surface area contributed by atoms with Gasteiger partial charge in [-0.1, -0.05) is 35.3 Å². The zero-order valence-electron chi connectivity index (χ0n) is 14.0. The van der Waals surface area contributed by atoms with Crippen molar-refractivity contribution in [1.29, 1.82) is 0 Å². The van der Waals surface area contributed by atoms with E-state index in [1.165, 1.54) is 0 Å². The predicted octanol–water partition coefficient (Wildman–Crippen LogP) is 4.72. The summed E-state index contributed by atoms with van der Waals surface area (Å²) in [7, 11) is 1.66. The molecule has 0 unspecified atom stereocenters. The van der Waals surface area contributed by atoms with E-state index in [0.717, 1.165) is 24.3 Å². The number of rotatable bonds is 4. The summed E-state index contributed by atoms with van der Waals surface area (Å²) in [6.07, 6.45) is 1.75. The van der Waals surface area contributed by atoms with Crippen LogP contribution in [0.1, 0.15) is 23.2 Å². The van der Waals surface area contributed by atoms with Crippen LogP contribution in [0.15, 0.2) is 42.5 Å². The van der Waals surface area contributed by atoms with Crippen molar-refractivity contribution >= 4 is 34.8 Å². The van der Waals surface area contributed by atoms with Crippen LogP contribution in [0.3, 0.4) is 0 Å². The van der Waals surface area contributed by atoms with Crippen LogP contribution in [0, 0.1) is 0 Å². The second kappa shape index (κ2) is 7.98. The first-order valence-electron chi connectivity index (χ1n) is 8.22. The quantitative estimate of drug-likeness (QED) is 0.836. The van der Waals surface area contributed by atoms with Crippen LogP contribution in [0.4, 0.5) is 5.69 Å². The highest BCUT2D eigenvalue weighted by Crippen LogP contribution is 2.28. The molecule has 1 saturated heterocycles. The number of methoxy groups -OCH3 is 1. The van der Waals surface area contributed by atoms with Gasteiger partial charge < -0.3 is 15.0 Å². The van der Waals surface area contributed by atoms with Crippen LogP contribution >= 0.6 is 23.2 Å². The molecule has 25 heavy (non-hydrogen) atoms. The van der Waals surface area contributed by atoms with E-state index in [2.05, 4.69) is 5.32 Å². The van der Waals surface area contributed by atoms with Crippen molar-refractivity contribution in [3.05, 3.63) is 58.1 Å². The minimum atomic E-state index is -0.0627. The monoisotopic (exact) mass is 378 g/mol. The van der Waals surface area contributed by atoms with E-state index in [4.69, 9.17) is 27.9 Å². The number of nitrogens with zero attached hydrogens (tertiary/aromatic N) is 1. The summed E-state index contributed by atoms with van der Waals surface area (Å²) in [5, 5.41) is 4.24. The Kier molecular flexibility index (Phi) is 5.71. The third-order valence-electron chi connectivity index (χ3n) is 4.40. The van der Waals surface area contributed by atoms with Gasteiger partial charge in [-0.25, -0.2) is 0 Å². The summed E-state index contributed by atoms with van der Waals surface area (Å²) in [6, 6.07) is 13.4. The first kappa shape index (κ1) is 17.9. The molecule has 4 nitrogen and oxygen atoms in total. The number of carbonyl (C=O) groups excluding carboxylic acids is 1. The summed E-state index contributed by atoms with van der Waals surface area (Å²) in [6.45, 7) is 1.37. The van der Waals surface area contributed by atoms with Crippen LogP contribution in [0.2, 0.25) is 10.0 Å². The zero-order valence-corrected chi connectivity index (χ0v) is 15.5. The summed E-state index contributed by atoms with van der Waals surface area (Å²) < 4.78 is 5.25. The zero-order chi connectivity index (χ0) is 17.8. The number of nitrogens with one attached hydrogen (secondary N) is 1. The maximum Gasteiger partial charge on any atom is 0.255 e. The molecule has 6 heteroatoms. The van der Waals surface area contributed by atoms with Gasteiger partial charge >= 0.3 is 0 Å². The lowest BCUT2D eigenvalue weighted by molar-refractivity contribution is 0.0718. The minimum Gasteiger partial charge on any atom is -0.497 e. The summed E-state index contributed by atoms with van der Waals surface area (Å²) >= 11 is 12.2. The van der Waals surface area contributed by atoms with Crippen molar-refractivity contribution in [1.82, 2.24) is 4.90 Å². The molecule has 0 radical (unpaired) electrons. The standard InChI is InChI=1S/C19H20Cl2N2O2/c1-25-15-5-2-4-14(12-15)22-13-8-10-23(11-9-13)19(24)16-6-3-7-17(20)18(16)21/h2-7,12-13,22H,8-11H2,1H3. The number of anilines is 1. The van der Waals surface area contributed by atoms with Crippen molar-refractivity contribution in [2.45, 2.75) is 18.9 Å². The lowest BCUT2D eigenvalue weighted by Crippen LogP contribution is -2.42. The van der Waals surface area contributed by atoms with Crippen LogP contribution in [0.5, 0.6) is 5.75 Å². The third kappa shape index (κ3) is 4.20. The Morgan fingerprint density at radius 1 is 1.16 bits per heavy atom. The highest BCUT2D eigenvalue weighted by molar-refractivity contribution is 6.43. The molecule has 0 aromatic heterocycles. The van der Waals surface area contributed by atoms with E-state index < -0.39 is 0 Å². The molecule has 0 aliphatic carbocycles. The number of benzene rings is 2. The van der Waals surface area contributed by atoms with Gasteiger partial charge in [-0.3, -0.25) is 4.79 Å². The topological polar surface area (TPSA) is 41.6 Å². The molecule has 1 aliphatic heterocycles. The summed E-state index contributed by atoms with van der Waals surface area (Å²) in [5.74, 6) is 0.764. The molecule has 1 aliphatic rings. The fourth-order valence-corrected chi connectivity index (χ4v) is 3.40. The first-order chi connectivity index (χ1) is 12.1. The molecule has 2 aromatic rings. The van der Waals surface area contributed by atoms with Gasteiger partial charge in [0.25, 0.3) is 5.91 Å². The Balaban J connectivity index is 1.59. The fraction of sp³-hybridized carbons (Fsp3) is 0.316. The number of likely N-dealkylation sites (tertiary alicyclic amines) is 1. The number of ether oxygens (including phenoxy) is 1. The Bertz CT molecular complexity index is 759. The van der Waals surface area contributed by atoms with Crippen molar-refractivity contribution in [3.63, 3.8) is 0 Å². The van der Waals surface area contributed by atoms with Gasteiger partial charge in [0.1, 0.15) is 5.75 Å². The van der Waals surface area contributed by atoms with Crippen LogP contribution in [-0.4, -0.2) is 37.0 Å². The Morgan fingerprint density at radius 3 is 2.60 bits per heavy atom. The first-order valence-corrected chi connectivity index (χ1v) is 8.98. The molecule has 1 fully saturated rings. The van der Waals surface area contributed by atoms with Crippen LogP contribution in [0.25, 0.3) is 0 Å². The molecule has 0 spiro atoms. The Hall–Kier alpha value is -1.91. The largest absolute Gasteiger partial charge is 0.497 e. The predicted molar refractivity (Wildman–Crippen MR) is 102 cm³/mol. The number of amides is 1. The second-order valence-electron chi connectivity index (χ2n) is 6.04. The van der Waals surface area contributed by atoms with E-state index in [9.17, 15) is 4.79 Å². The van der Waals surface area contributed by atoms with E-state index in [-0.39, 0.29) is 5.91 Å². The third-order valence-corrected chi connectivity index (χ3v) is 5.22. The maximum absolute atomic E-state index is 12.7. The number of halogens is 2. The molecular weight excluding hydrogens is 359 g/mol. The van der Waals surface area contributed by atoms with Crippen molar-refractivity contribution in [2.75, 3.05) is 25.5 Å². The molecule has 3 rings (SSSR count). The molecule has 1 heterocycles. The maximum atomic E-state index is 12.7. The molecule has 1 N–H and O–H groups in total. The number of piperidine rings is 1. The lowest BCUT2D eigenvalue weighted by Gasteiger charge is -2.33. The van der Waals surface area contributed by atoms with Crippen LogP contribution < -0.4 is 10.1 Å². The second-order valence-corrected chi connectivity index (χ2v) is 6.83. The highest BCUT2D eigenvalue weighted by atomic mass is 35.5.